The van der Waals surface area contributed by atoms with Crippen molar-refractivity contribution in [1.29, 1.82) is 0 Å². The maximum atomic E-state index is 10.7. The normalized spacial score (nSPS) is 15.9. The molecule has 0 unspecified atom stereocenters. The molecule has 1 aromatic heterocycles. The van der Waals surface area contributed by atoms with Crippen LogP contribution in [0.25, 0.3) is 0 Å². The van der Waals surface area contributed by atoms with Crippen LogP contribution in [0.15, 0.2) is 6.20 Å². The highest BCUT2D eigenvalue weighted by atomic mass is 16.4. The molecule has 0 radical (unpaired) electrons. The number of aromatic nitrogens is 2. The zero-order chi connectivity index (χ0) is 11.0. The Bertz CT molecular complexity index is 378. The van der Waals surface area contributed by atoms with E-state index in [1.807, 2.05) is 6.20 Å². The third kappa shape index (κ3) is 2.03. The molecular weight excluding hydrogens is 192 g/mol. The van der Waals surface area contributed by atoms with Crippen molar-refractivity contribution in [3.05, 3.63) is 17.7 Å². The summed E-state index contributed by atoms with van der Waals surface area (Å²) in [6.07, 6.45) is 4.16. The van der Waals surface area contributed by atoms with E-state index in [9.17, 15) is 4.79 Å². The van der Waals surface area contributed by atoms with Gasteiger partial charge in [-0.1, -0.05) is 13.8 Å². The number of carbonyl (C=O) groups is 1. The predicted molar refractivity (Wildman–Crippen MR) is 55.9 cm³/mol. The summed E-state index contributed by atoms with van der Waals surface area (Å²) >= 11 is 0. The van der Waals surface area contributed by atoms with E-state index in [-0.39, 0.29) is 6.42 Å². The fourth-order valence-corrected chi connectivity index (χ4v) is 1.86. The molecule has 1 aliphatic carbocycles. The van der Waals surface area contributed by atoms with Crippen molar-refractivity contribution in [1.82, 2.24) is 9.55 Å². The average molecular weight is 208 g/mol. The third-order valence-electron chi connectivity index (χ3n) is 2.71. The van der Waals surface area contributed by atoms with Crippen molar-refractivity contribution in [2.75, 3.05) is 0 Å². The van der Waals surface area contributed by atoms with E-state index in [1.54, 1.807) is 0 Å². The van der Waals surface area contributed by atoms with E-state index in [0.717, 1.165) is 18.5 Å². The summed E-state index contributed by atoms with van der Waals surface area (Å²) in [5, 5.41) is 8.79. The zero-order valence-corrected chi connectivity index (χ0v) is 9.10. The van der Waals surface area contributed by atoms with Crippen molar-refractivity contribution in [2.45, 2.75) is 45.1 Å². The van der Waals surface area contributed by atoms with E-state index in [2.05, 4.69) is 23.4 Å². The van der Waals surface area contributed by atoms with Crippen LogP contribution in [0, 0.1) is 0 Å². The monoisotopic (exact) mass is 208 g/mol. The second-order valence-corrected chi connectivity index (χ2v) is 4.43. The van der Waals surface area contributed by atoms with E-state index in [0.29, 0.717) is 17.8 Å². The second-order valence-electron chi connectivity index (χ2n) is 4.43. The molecule has 0 spiro atoms. The Balaban J connectivity index is 2.33. The van der Waals surface area contributed by atoms with Gasteiger partial charge in [0.1, 0.15) is 12.2 Å². The lowest BCUT2D eigenvalue weighted by Gasteiger charge is -2.12. The molecule has 1 heterocycles. The van der Waals surface area contributed by atoms with Crippen LogP contribution in [0.3, 0.4) is 0 Å². The molecule has 2 rings (SSSR count). The summed E-state index contributed by atoms with van der Waals surface area (Å²) in [4.78, 5) is 14.9. The first-order valence-corrected chi connectivity index (χ1v) is 5.37. The molecule has 4 nitrogen and oxygen atoms in total. The number of rotatable bonds is 4. The van der Waals surface area contributed by atoms with Crippen LogP contribution in [0.5, 0.6) is 0 Å². The highest BCUT2D eigenvalue weighted by Gasteiger charge is 2.29. The molecule has 15 heavy (non-hydrogen) atoms. The summed E-state index contributed by atoms with van der Waals surface area (Å²) in [7, 11) is 0. The van der Waals surface area contributed by atoms with Crippen molar-refractivity contribution in [2.24, 2.45) is 0 Å². The average Bonchev–Trinajstić information content (AvgIpc) is 2.87. The molecule has 0 aromatic carbocycles. The molecule has 0 aliphatic heterocycles. The zero-order valence-electron chi connectivity index (χ0n) is 9.10. The van der Waals surface area contributed by atoms with Gasteiger partial charge in [0.15, 0.2) is 0 Å². The predicted octanol–water partition coefficient (Wildman–Crippen LogP) is 1.97. The van der Waals surface area contributed by atoms with Crippen LogP contribution in [-0.2, 0) is 11.2 Å². The quantitative estimate of drug-likeness (QED) is 0.823. The maximum absolute atomic E-state index is 10.7. The lowest BCUT2D eigenvalue weighted by Crippen LogP contribution is -2.11. The van der Waals surface area contributed by atoms with E-state index >= 15 is 0 Å². The largest absolute Gasteiger partial charge is 0.481 e. The molecule has 0 saturated heterocycles. The Morgan fingerprint density at radius 3 is 2.80 bits per heavy atom. The Morgan fingerprint density at radius 1 is 1.67 bits per heavy atom. The van der Waals surface area contributed by atoms with Crippen LogP contribution in [-0.4, -0.2) is 20.6 Å². The van der Waals surface area contributed by atoms with Crippen molar-refractivity contribution in [3.8, 4) is 0 Å². The Hall–Kier alpha value is -1.32. The summed E-state index contributed by atoms with van der Waals surface area (Å²) in [6, 6.07) is 0.499. The minimum atomic E-state index is -0.808. The van der Waals surface area contributed by atoms with Gasteiger partial charge >= 0.3 is 5.97 Å². The molecule has 1 N–H and O–H groups in total. The number of carboxylic acid groups (broad SMARTS) is 1. The molecule has 1 saturated carbocycles. The first kappa shape index (κ1) is 10.2. The van der Waals surface area contributed by atoms with Gasteiger partial charge < -0.3 is 9.67 Å². The van der Waals surface area contributed by atoms with E-state index in [1.165, 1.54) is 0 Å². The number of nitrogens with zero attached hydrogens (tertiary/aromatic N) is 2. The molecule has 1 aromatic rings. The van der Waals surface area contributed by atoms with Gasteiger partial charge in [-0.25, -0.2) is 4.98 Å². The lowest BCUT2D eigenvalue weighted by atomic mass is 10.1. The fourth-order valence-electron chi connectivity index (χ4n) is 1.86. The molecule has 82 valence electrons. The first-order valence-electron chi connectivity index (χ1n) is 5.37. The second kappa shape index (κ2) is 3.68. The minimum Gasteiger partial charge on any atom is -0.481 e. The topological polar surface area (TPSA) is 55.1 Å². The van der Waals surface area contributed by atoms with E-state index < -0.39 is 5.97 Å². The van der Waals surface area contributed by atoms with Crippen molar-refractivity contribution >= 4 is 5.97 Å². The molecule has 4 heteroatoms. The molecule has 0 amide bonds. The van der Waals surface area contributed by atoms with Crippen LogP contribution in [0.1, 0.15) is 50.2 Å². The van der Waals surface area contributed by atoms with Gasteiger partial charge in [0.05, 0.1) is 0 Å². The molecule has 1 aliphatic rings. The van der Waals surface area contributed by atoms with Crippen LogP contribution < -0.4 is 0 Å². The molecule has 1 fully saturated rings. The number of imidazole rings is 1. The van der Waals surface area contributed by atoms with Gasteiger partial charge in [0, 0.05) is 17.9 Å². The summed E-state index contributed by atoms with van der Waals surface area (Å²) < 4.78 is 2.12. The van der Waals surface area contributed by atoms with E-state index in [4.69, 9.17) is 5.11 Å². The van der Waals surface area contributed by atoms with Crippen LogP contribution in [0.4, 0.5) is 0 Å². The SMILES string of the molecule is CC(C)c1cnc(CC(=O)O)n1C1CC1. The van der Waals surface area contributed by atoms with Gasteiger partial charge in [-0.05, 0) is 18.8 Å². The minimum absolute atomic E-state index is 0.0310. The number of hydrogen-bond acceptors (Lipinski definition) is 2. The number of hydrogen-bond donors (Lipinski definition) is 1. The molecule has 0 bridgehead atoms. The summed E-state index contributed by atoms with van der Waals surface area (Å²) in [5.41, 5.74) is 1.16. The molecule has 0 atom stereocenters. The van der Waals surface area contributed by atoms with Crippen LogP contribution in [0.2, 0.25) is 0 Å². The van der Waals surface area contributed by atoms with Gasteiger partial charge in [-0.2, -0.15) is 0 Å². The van der Waals surface area contributed by atoms with Gasteiger partial charge in [-0.15, -0.1) is 0 Å². The Kier molecular flexibility index (Phi) is 2.50. The smallest absolute Gasteiger partial charge is 0.311 e. The molecular formula is C11H16N2O2. The number of aliphatic carboxylic acids is 1. The Morgan fingerprint density at radius 2 is 2.33 bits per heavy atom. The highest BCUT2D eigenvalue weighted by Crippen LogP contribution is 2.38. The van der Waals surface area contributed by atoms with Gasteiger partial charge in [0.25, 0.3) is 0 Å². The lowest BCUT2D eigenvalue weighted by molar-refractivity contribution is -0.136. The number of carboxylic acids is 1. The van der Waals surface area contributed by atoms with Gasteiger partial charge in [0.2, 0.25) is 0 Å². The van der Waals surface area contributed by atoms with Crippen molar-refractivity contribution < 1.29 is 9.90 Å². The van der Waals surface area contributed by atoms with Crippen LogP contribution >= 0.6 is 0 Å². The highest BCUT2D eigenvalue weighted by molar-refractivity contribution is 5.69. The van der Waals surface area contributed by atoms with Crippen molar-refractivity contribution in [3.63, 3.8) is 0 Å². The maximum Gasteiger partial charge on any atom is 0.311 e. The summed E-state index contributed by atoms with van der Waals surface area (Å²) in [5.74, 6) is 0.298. The Labute approximate surface area is 88.9 Å². The first-order chi connectivity index (χ1) is 7.09. The fraction of sp³-hybridized carbons (Fsp3) is 0.636. The third-order valence-corrected chi connectivity index (χ3v) is 2.71. The standard InChI is InChI=1S/C11H16N2O2/c1-7(2)9-6-12-10(5-11(14)15)13(9)8-3-4-8/h6-8H,3-5H2,1-2H3,(H,14,15). The van der Waals surface area contributed by atoms with Gasteiger partial charge in [-0.3, -0.25) is 4.79 Å². The summed E-state index contributed by atoms with van der Waals surface area (Å²) in [6.45, 7) is 4.22.